The van der Waals surface area contributed by atoms with Crippen LogP contribution in [0.1, 0.15) is 0 Å². The second-order valence-corrected chi connectivity index (χ2v) is 3.49. The number of nitro groups is 1. The Morgan fingerprint density at radius 2 is 1.88 bits per heavy atom. The van der Waals surface area contributed by atoms with Crippen molar-refractivity contribution in [2.75, 3.05) is 6.61 Å². The van der Waals surface area contributed by atoms with Gasteiger partial charge in [-0.15, -0.1) is 0 Å². The molecule has 0 fully saturated rings. The molecule has 0 radical (unpaired) electrons. The summed E-state index contributed by atoms with van der Waals surface area (Å²) >= 11 is 0. The smallest absolute Gasteiger partial charge is 0.310 e. The largest absolute Gasteiger partial charge is 0.485 e. The van der Waals surface area contributed by atoms with Crippen molar-refractivity contribution in [3.05, 3.63) is 58.9 Å². The lowest BCUT2D eigenvalue weighted by atomic mass is 10.3. The van der Waals surface area contributed by atoms with Crippen LogP contribution in [0.3, 0.4) is 0 Å². The van der Waals surface area contributed by atoms with Gasteiger partial charge in [0.05, 0.1) is 11.5 Å². The zero-order valence-corrected chi connectivity index (χ0v) is 9.15. The highest BCUT2D eigenvalue weighted by Crippen LogP contribution is 2.25. The predicted octanol–water partition coefficient (Wildman–Crippen LogP) is 2.48. The number of ether oxygens (including phenoxy) is 1. The molecule has 0 unspecified atom stereocenters. The molecule has 0 aliphatic carbocycles. The van der Waals surface area contributed by atoms with E-state index in [9.17, 15) is 10.1 Å². The van der Waals surface area contributed by atoms with Gasteiger partial charge in [-0.1, -0.05) is 12.1 Å². The maximum atomic E-state index is 10.7. The molecule has 2 aromatic rings. The predicted molar refractivity (Wildman–Crippen MR) is 63.0 cm³/mol. The average Bonchev–Trinajstić information content (AvgIpc) is 2.82. The maximum absolute atomic E-state index is 10.7. The minimum Gasteiger partial charge on any atom is -0.485 e. The number of hydrogen-bond acceptors (Lipinski definition) is 3. The van der Waals surface area contributed by atoms with Gasteiger partial charge in [0.1, 0.15) is 6.61 Å². The highest BCUT2D eigenvalue weighted by atomic mass is 16.6. The molecule has 0 saturated carbocycles. The Hall–Kier alpha value is -2.30. The summed E-state index contributed by atoms with van der Waals surface area (Å²) in [5, 5.41) is 10.7. The summed E-state index contributed by atoms with van der Waals surface area (Å²) in [6.45, 7) is 1.07. The quantitative estimate of drug-likeness (QED) is 0.587. The molecule has 0 N–H and O–H groups in total. The summed E-state index contributed by atoms with van der Waals surface area (Å²) < 4.78 is 7.36. The zero-order valence-electron chi connectivity index (χ0n) is 9.15. The van der Waals surface area contributed by atoms with E-state index in [1.807, 2.05) is 29.1 Å². The number of para-hydroxylation sites is 2. The van der Waals surface area contributed by atoms with Crippen molar-refractivity contribution in [2.45, 2.75) is 6.54 Å². The molecule has 0 amide bonds. The SMILES string of the molecule is O=[N+]([O-])c1ccccc1OCCn1cccc1. The summed E-state index contributed by atoms with van der Waals surface area (Å²) in [5.74, 6) is 0.310. The molecular weight excluding hydrogens is 220 g/mol. The summed E-state index contributed by atoms with van der Waals surface area (Å²) in [7, 11) is 0. The van der Waals surface area contributed by atoms with Crippen LogP contribution in [-0.2, 0) is 6.54 Å². The molecule has 17 heavy (non-hydrogen) atoms. The van der Waals surface area contributed by atoms with Crippen LogP contribution in [0.2, 0.25) is 0 Å². The molecule has 0 spiro atoms. The van der Waals surface area contributed by atoms with Gasteiger partial charge in [-0.3, -0.25) is 10.1 Å². The van der Waals surface area contributed by atoms with Crippen LogP contribution in [0.15, 0.2) is 48.8 Å². The highest BCUT2D eigenvalue weighted by Gasteiger charge is 2.12. The van der Waals surface area contributed by atoms with Gasteiger partial charge in [-0.25, -0.2) is 0 Å². The Morgan fingerprint density at radius 1 is 1.18 bits per heavy atom. The molecule has 88 valence electrons. The first-order valence-electron chi connectivity index (χ1n) is 5.24. The molecule has 1 heterocycles. The van der Waals surface area contributed by atoms with Crippen LogP contribution in [0.25, 0.3) is 0 Å². The Bertz CT molecular complexity index is 494. The normalized spacial score (nSPS) is 10.1. The first-order valence-corrected chi connectivity index (χ1v) is 5.24. The van der Waals surface area contributed by atoms with E-state index in [0.717, 1.165) is 0 Å². The highest BCUT2D eigenvalue weighted by molar-refractivity contribution is 5.45. The van der Waals surface area contributed by atoms with Crippen LogP contribution < -0.4 is 4.74 Å². The molecule has 1 aromatic carbocycles. The molecular formula is C12H12N2O3. The van der Waals surface area contributed by atoms with E-state index in [1.165, 1.54) is 6.07 Å². The lowest BCUT2D eigenvalue weighted by Gasteiger charge is -2.07. The second kappa shape index (κ2) is 5.16. The van der Waals surface area contributed by atoms with E-state index in [4.69, 9.17) is 4.74 Å². The van der Waals surface area contributed by atoms with E-state index in [-0.39, 0.29) is 5.69 Å². The molecule has 0 aliphatic heterocycles. The third-order valence-corrected chi connectivity index (χ3v) is 2.34. The van der Waals surface area contributed by atoms with Gasteiger partial charge in [-0.2, -0.15) is 0 Å². The molecule has 0 aliphatic rings. The van der Waals surface area contributed by atoms with E-state index in [0.29, 0.717) is 18.9 Å². The van der Waals surface area contributed by atoms with Gasteiger partial charge in [0.2, 0.25) is 0 Å². The number of rotatable bonds is 5. The zero-order chi connectivity index (χ0) is 12.1. The van der Waals surface area contributed by atoms with Gasteiger partial charge in [0, 0.05) is 18.5 Å². The molecule has 1 aromatic heterocycles. The number of aromatic nitrogens is 1. The minimum atomic E-state index is -0.439. The van der Waals surface area contributed by atoms with Crippen LogP contribution in [0.5, 0.6) is 5.75 Å². The van der Waals surface area contributed by atoms with Crippen molar-refractivity contribution in [2.24, 2.45) is 0 Å². The Labute approximate surface area is 98.4 Å². The van der Waals surface area contributed by atoms with Gasteiger partial charge >= 0.3 is 5.69 Å². The average molecular weight is 232 g/mol. The summed E-state index contributed by atoms with van der Waals surface area (Å²) in [4.78, 5) is 10.3. The van der Waals surface area contributed by atoms with E-state index >= 15 is 0 Å². The van der Waals surface area contributed by atoms with Crippen molar-refractivity contribution >= 4 is 5.69 Å². The third kappa shape index (κ3) is 2.84. The van der Waals surface area contributed by atoms with Gasteiger partial charge in [-0.05, 0) is 18.2 Å². The monoisotopic (exact) mass is 232 g/mol. The maximum Gasteiger partial charge on any atom is 0.310 e. The van der Waals surface area contributed by atoms with Crippen LogP contribution in [0.4, 0.5) is 5.69 Å². The Kier molecular flexibility index (Phi) is 3.40. The Balaban J connectivity index is 1.97. The fraction of sp³-hybridized carbons (Fsp3) is 0.167. The van der Waals surface area contributed by atoms with Crippen molar-refractivity contribution in [3.8, 4) is 5.75 Å². The Morgan fingerprint density at radius 3 is 2.59 bits per heavy atom. The molecule has 5 nitrogen and oxygen atoms in total. The van der Waals surface area contributed by atoms with E-state index in [1.54, 1.807) is 18.2 Å². The van der Waals surface area contributed by atoms with E-state index in [2.05, 4.69) is 0 Å². The summed E-state index contributed by atoms with van der Waals surface area (Å²) in [6, 6.07) is 10.2. The standard InChI is InChI=1S/C12H12N2O3/c15-14(16)11-5-1-2-6-12(11)17-10-9-13-7-3-4-8-13/h1-8H,9-10H2. The molecule has 2 rings (SSSR count). The van der Waals surface area contributed by atoms with Gasteiger partial charge in [0.25, 0.3) is 0 Å². The molecule has 0 saturated heterocycles. The molecule has 0 bridgehead atoms. The fourth-order valence-corrected chi connectivity index (χ4v) is 1.51. The summed E-state index contributed by atoms with van der Waals surface area (Å²) in [5.41, 5.74) is 0.00000567. The first-order chi connectivity index (χ1) is 8.27. The fourth-order valence-electron chi connectivity index (χ4n) is 1.51. The molecule has 5 heteroatoms. The third-order valence-electron chi connectivity index (χ3n) is 2.34. The number of nitrogens with zero attached hydrogens (tertiary/aromatic N) is 2. The number of benzene rings is 1. The lowest BCUT2D eigenvalue weighted by molar-refractivity contribution is -0.385. The van der Waals surface area contributed by atoms with Crippen LogP contribution in [0, 0.1) is 10.1 Å². The van der Waals surface area contributed by atoms with Crippen molar-refractivity contribution in [3.63, 3.8) is 0 Å². The van der Waals surface area contributed by atoms with Crippen LogP contribution >= 0.6 is 0 Å². The van der Waals surface area contributed by atoms with Crippen LogP contribution in [-0.4, -0.2) is 16.1 Å². The van der Waals surface area contributed by atoms with Gasteiger partial charge in [0.15, 0.2) is 5.75 Å². The first kappa shape index (κ1) is 11.2. The van der Waals surface area contributed by atoms with Crippen molar-refractivity contribution < 1.29 is 9.66 Å². The van der Waals surface area contributed by atoms with E-state index < -0.39 is 4.92 Å². The number of nitro benzene ring substituents is 1. The minimum absolute atomic E-state index is 0.00000567. The lowest BCUT2D eigenvalue weighted by Crippen LogP contribution is -2.07. The number of hydrogen-bond donors (Lipinski definition) is 0. The van der Waals surface area contributed by atoms with Gasteiger partial charge < -0.3 is 9.30 Å². The van der Waals surface area contributed by atoms with Crippen molar-refractivity contribution in [1.29, 1.82) is 0 Å². The molecule has 0 atom stereocenters. The van der Waals surface area contributed by atoms with Crippen molar-refractivity contribution in [1.82, 2.24) is 4.57 Å². The second-order valence-electron chi connectivity index (χ2n) is 3.49. The summed E-state index contributed by atoms with van der Waals surface area (Å²) in [6.07, 6.45) is 3.84. The topological polar surface area (TPSA) is 57.3 Å².